The standard InChI is InChI=1S/C11H20N4O3S/c1-8(2)15-10(14(3)5-6-18-4)12-13-11(15)19-7-9(16)17/h8H,5-7H2,1-4H3,(H,16,17). The zero-order chi connectivity index (χ0) is 14.4. The molecule has 1 rings (SSSR count). The Morgan fingerprint density at radius 3 is 2.74 bits per heavy atom. The molecule has 7 nitrogen and oxygen atoms in total. The van der Waals surface area contributed by atoms with Gasteiger partial charge in [0, 0.05) is 26.7 Å². The minimum Gasteiger partial charge on any atom is -0.481 e. The topological polar surface area (TPSA) is 80.5 Å². The molecule has 1 aromatic heterocycles. The lowest BCUT2D eigenvalue weighted by molar-refractivity contribution is -0.133. The summed E-state index contributed by atoms with van der Waals surface area (Å²) in [5, 5.41) is 17.6. The number of ether oxygens (including phenoxy) is 1. The molecular weight excluding hydrogens is 268 g/mol. The van der Waals surface area contributed by atoms with Gasteiger partial charge in [0.25, 0.3) is 0 Å². The van der Waals surface area contributed by atoms with Crippen molar-refractivity contribution in [2.24, 2.45) is 0 Å². The van der Waals surface area contributed by atoms with Crippen LogP contribution in [0.5, 0.6) is 0 Å². The number of hydrogen-bond donors (Lipinski definition) is 1. The van der Waals surface area contributed by atoms with Crippen molar-refractivity contribution in [3.05, 3.63) is 0 Å². The van der Waals surface area contributed by atoms with Crippen LogP contribution in [0.25, 0.3) is 0 Å². The van der Waals surface area contributed by atoms with Crippen molar-refractivity contribution < 1.29 is 14.6 Å². The number of rotatable bonds is 8. The molecule has 0 aliphatic carbocycles. The third-order valence-corrected chi connectivity index (χ3v) is 3.39. The first kappa shape index (κ1) is 15.8. The van der Waals surface area contributed by atoms with Gasteiger partial charge in [-0.05, 0) is 13.8 Å². The Labute approximate surface area is 116 Å². The maximum Gasteiger partial charge on any atom is 0.313 e. The van der Waals surface area contributed by atoms with E-state index in [-0.39, 0.29) is 11.8 Å². The average Bonchev–Trinajstić information content (AvgIpc) is 2.77. The van der Waals surface area contributed by atoms with Crippen LogP contribution in [-0.4, -0.2) is 58.9 Å². The highest BCUT2D eigenvalue weighted by Crippen LogP contribution is 2.25. The van der Waals surface area contributed by atoms with E-state index < -0.39 is 5.97 Å². The molecule has 0 aliphatic rings. The average molecular weight is 288 g/mol. The van der Waals surface area contributed by atoms with Gasteiger partial charge in [-0.1, -0.05) is 11.8 Å². The van der Waals surface area contributed by atoms with Crippen LogP contribution in [0.3, 0.4) is 0 Å². The van der Waals surface area contributed by atoms with E-state index in [1.165, 1.54) is 11.8 Å². The SMILES string of the molecule is COCCN(C)c1nnc(SCC(=O)O)n1C(C)C. The summed E-state index contributed by atoms with van der Waals surface area (Å²) in [6.07, 6.45) is 0. The summed E-state index contributed by atoms with van der Waals surface area (Å²) in [7, 11) is 3.56. The van der Waals surface area contributed by atoms with E-state index >= 15 is 0 Å². The number of carbonyl (C=O) groups is 1. The minimum atomic E-state index is -0.863. The number of nitrogens with zero attached hydrogens (tertiary/aromatic N) is 4. The van der Waals surface area contributed by atoms with Crippen LogP contribution >= 0.6 is 11.8 Å². The van der Waals surface area contributed by atoms with Crippen molar-refractivity contribution in [1.29, 1.82) is 0 Å². The first-order valence-electron chi connectivity index (χ1n) is 5.97. The molecule has 1 heterocycles. The molecule has 0 amide bonds. The van der Waals surface area contributed by atoms with Crippen molar-refractivity contribution in [3.63, 3.8) is 0 Å². The van der Waals surface area contributed by atoms with E-state index in [0.717, 1.165) is 5.95 Å². The van der Waals surface area contributed by atoms with Gasteiger partial charge in [-0.15, -0.1) is 10.2 Å². The van der Waals surface area contributed by atoms with Crippen LogP contribution in [-0.2, 0) is 9.53 Å². The molecule has 19 heavy (non-hydrogen) atoms. The molecule has 0 spiro atoms. The summed E-state index contributed by atoms with van der Waals surface area (Å²) in [5.41, 5.74) is 0. The molecule has 0 saturated carbocycles. The van der Waals surface area contributed by atoms with Crippen LogP contribution < -0.4 is 4.90 Å². The molecule has 0 aliphatic heterocycles. The molecule has 0 saturated heterocycles. The Kier molecular flexibility index (Phi) is 6.10. The molecule has 0 unspecified atom stereocenters. The molecule has 1 N–H and O–H groups in total. The van der Waals surface area contributed by atoms with Gasteiger partial charge in [-0.3, -0.25) is 9.36 Å². The number of likely N-dealkylation sites (N-methyl/N-ethyl adjacent to an activating group) is 1. The number of thioether (sulfide) groups is 1. The molecule has 0 atom stereocenters. The normalized spacial score (nSPS) is 11.0. The highest BCUT2D eigenvalue weighted by atomic mass is 32.2. The number of aromatic nitrogens is 3. The second kappa shape index (κ2) is 7.34. The van der Waals surface area contributed by atoms with Crippen molar-refractivity contribution >= 4 is 23.7 Å². The van der Waals surface area contributed by atoms with Crippen LogP contribution in [0.1, 0.15) is 19.9 Å². The summed E-state index contributed by atoms with van der Waals surface area (Å²) >= 11 is 1.18. The van der Waals surface area contributed by atoms with Crippen LogP contribution in [0, 0.1) is 0 Å². The summed E-state index contributed by atoms with van der Waals surface area (Å²) in [6.45, 7) is 5.33. The molecule has 0 bridgehead atoms. The maximum absolute atomic E-state index is 10.6. The van der Waals surface area contributed by atoms with E-state index in [0.29, 0.717) is 18.3 Å². The highest BCUT2D eigenvalue weighted by molar-refractivity contribution is 7.99. The van der Waals surface area contributed by atoms with E-state index in [2.05, 4.69) is 10.2 Å². The Hall–Kier alpha value is -1.28. The molecule has 0 radical (unpaired) electrons. The number of carboxylic acids is 1. The molecule has 8 heteroatoms. The summed E-state index contributed by atoms with van der Waals surface area (Å²) in [4.78, 5) is 12.6. The Morgan fingerprint density at radius 2 is 2.21 bits per heavy atom. The fraction of sp³-hybridized carbons (Fsp3) is 0.727. The van der Waals surface area contributed by atoms with E-state index in [1.807, 2.05) is 30.4 Å². The second-order valence-corrected chi connectivity index (χ2v) is 5.29. The lowest BCUT2D eigenvalue weighted by Crippen LogP contribution is -2.26. The van der Waals surface area contributed by atoms with Gasteiger partial charge in [-0.25, -0.2) is 0 Å². The van der Waals surface area contributed by atoms with Gasteiger partial charge >= 0.3 is 5.97 Å². The number of anilines is 1. The fourth-order valence-electron chi connectivity index (χ4n) is 1.53. The van der Waals surface area contributed by atoms with Crippen LogP contribution in [0.2, 0.25) is 0 Å². The maximum atomic E-state index is 10.6. The monoisotopic (exact) mass is 288 g/mol. The predicted molar refractivity (Wildman–Crippen MR) is 73.9 cm³/mol. The van der Waals surface area contributed by atoms with Crippen molar-refractivity contribution in [2.45, 2.75) is 25.0 Å². The quantitative estimate of drug-likeness (QED) is 0.718. The molecule has 0 fully saturated rings. The summed E-state index contributed by atoms with van der Waals surface area (Å²) < 4.78 is 6.97. The van der Waals surface area contributed by atoms with Gasteiger partial charge in [0.05, 0.1) is 12.4 Å². The predicted octanol–water partition coefficient (Wildman–Crippen LogP) is 1.12. The van der Waals surface area contributed by atoms with Crippen molar-refractivity contribution in [2.75, 3.05) is 38.0 Å². The molecule has 0 aromatic carbocycles. The number of hydrogen-bond acceptors (Lipinski definition) is 6. The Balaban J connectivity index is 2.89. The largest absolute Gasteiger partial charge is 0.481 e. The molecular formula is C11H20N4O3S. The lowest BCUT2D eigenvalue weighted by atomic mass is 10.4. The van der Waals surface area contributed by atoms with E-state index in [4.69, 9.17) is 9.84 Å². The summed E-state index contributed by atoms with van der Waals surface area (Å²) in [6, 6.07) is 0.159. The first-order chi connectivity index (χ1) is 8.97. The van der Waals surface area contributed by atoms with Gasteiger partial charge in [0.1, 0.15) is 0 Å². The number of carboxylic acid groups (broad SMARTS) is 1. The minimum absolute atomic E-state index is 0.0212. The zero-order valence-electron chi connectivity index (χ0n) is 11.7. The Morgan fingerprint density at radius 1 is 1.53 bits per heavy atom. The smallest absolute Gasteiger partial charge is 0.313 e. The first-order valence-corrected chi connectivity index (χ1v) is 6.95. The van der Waals surface area contributed by atoms with Crippen molar-refractivity contribution in [1.82, 2.24) is 14.8 Å². The van der Waals surface area contributed by atoms with E-state index in [1.54, 1.807) is 7.11 Å². The second-order valence-electron chi connectivity index (χ2n) is 4.34. The summed E-state index contributed by atoms with van der Waals surface area (Å²) in [5.74, 6) is -0.162. The number of methoxy groups -OCH3 is 1. The number of aliphatic carboxylic acids is 1. The van der Waals surface area contributed by atoms with Gasteiger partial charge in [-0.2, -0.15) is 0 Å². The van der Waals surface area contributed by atoms with Crippen molar-refractivity contribution in [3.8, 4) is 0 Å². The van der Waals surface area contributed by atoms with E-state index in [9.17, 15) is 4.79 Å². The molecule has 1 aromatic rings. The molecule has 108 valence electrons. The Bertz CT molecular complexity index is 422. The zero-order valence-corrected chi connectivity index (χ0v) is 12.5. The van der Waals surface area contributed by atoms with Gasteiger partial charge < -0.3 is 14.7 Å². The van der Waals surface area contributed by atoms with Gasteiger partial charge in [0.2, 0.25) is 5.95 Å². The fourth-order valence-corrected chi connectivity index (χ4v) is 2.32. The third-order valence-electron chi connectivity index (χ3n) is 2.46. The van der Waals surface area contributed by atoms with Crippen LogP contribution in [0.4, 0.5) is 5.95 Å². The highest BCUT2D eigenvalue weighted by Gasteiger charge is 2.18. The third kappa shape index (κ3) is 4.39. The van der Waals surface area contributed by atoms with Crippen LogP contribution in [0.15, 0.2) is 5.16 Å². The lowest BCUT2D eigenvalue weighted by Gasteiger charge is -2.21. The van der Waals surface area contributed by atoms with Gasteiger partial charge in [0.15, 0.2) is 5.16 Å².